The zero-order valence-corrected chi connectivity index (χ0v) is 20.0. The van der Waals surface area contributed by atoms with Crippen LogP contribution in [0.25, 0.3) is 6.08 Å². The number of hydrogen-bond donors (Lipinski definition) is 1. The number of halogens is 2. The van der Waals surface area contributed by atoms with E-state index in [1.54, 1.807) is 11.8 Å². The van der Waals surface area contributed by atoms with E-state index in [0.29, 0.717) is 16.0 Å². The van der Waals surface area contributed by atoms with Crippen LogP contribution in [0.3, 0.4) is 0 Å². The van der Waals surface area contributed by atoms with E-state index in [2.05, 4.69) is 66.1 Å². The van der Waals surface area contributed by atoms with Crippen LogP contribution >= 0.6 is 35.0 Å². The molecule has 0 saturated carbocycles. The highest BCUT2D eigenvalue weighted by atomic mass is 35.5. The van der Waals surface area contributed by atoms with E-state index in [1.165, 1.54) is 10.5 Å². The zero-order chi connectivity index (χ0) is 21.5. The summed E-state index contributed by atoms with van der Waals surface area (Å²) >= 11 is 14.9. The van der Waals surface area contributed by atoms with E-state index in [0.717, 1.165) is 49.7 Å². The molecule has 3 rings (SSSR count). The first kappa shape index (κ1) is 23.6. The van der Waals surface area contributed by atoms with Gasteiger partial charge < -0.3 is 5.11 Å². The van der Waals surface area contributed by atoms with Crippen molar-refractivity contribution >= 4 is 41.0 Å². The van der Waals surface area contributed by atoms with Gasteiger partial charge in [-0.2, -0.15) is 0 Å². The van der Waals surface area contributed by atoms with Crippen LogP contribution in [0.5, 0.6) is 0 Å². The van der Waals surface area contributed by atoms with Gasteiger partial charge in [-0.05, 0) is 29.2 Å². The lowest BCUT2D eigenvalue weighted by atomic mass is 10.0. The molecule has 1 N–H and O–H groups in total. The van der Waals surface area contributed by atoms with Crippen LogP contribution in [-0.2, 0) is 0 Å². The second-order valence-corrected chi connectivity index (χ2v) is 9.68. The summed E-state index contributed by atoms with van der Waals surface area (Å²) in [6.45, 7) is 10.3. The lowest BCUT2D eigenvalue weighted by Crippen LogP contribution is -2.47. The SMILES string of the molecule is CC(C)c1ccccc1Sc1ccc(/C=C/CN2CCN(CCO)CC2)c(Cl)c1Cl. The van der Waals surface area contributed by atoms with Crippen molar-refractivity contribution in [3.63, 3.8) is 0 Å². The fraction of sp³-hybridized carbons (Fsp3) is 0.417. The minimum atomic E-state index is 0.233. The molecule has 0 unspecified atom stereocenters. The topological polar surface area (TPSA) is 26.7 Å². The molecule has 0 amide bonds. The maximum Gasteiger partial charge on any atom is 0.0737 e. The number of rotatable bonds is 8. The largest absolute Gasteiger partial charge is 0.395 e. The molecule has 0 aliphatic carbocycles. The van der Waals surface area contributed by atoms with Crippen molar-refractivity contribution in [1.29, 1.82) is 0 Å². The molecule has 6 heteroatoms. The number of aliphatic hydroxyl groups is 1. The summed E-state index contributed by atoms with van der Waals surface area (Å²) in [5.74, 6) is 0.454. The molecule has 2 aromatic rings. The van der Waals surface area contributed by atoms with Crippen LogP contribution in [0.1, 0.15) is 30.9 Å². The van der Waals surface area contributed by atoms with Crippen molar-refractivity contribution in [2.45, 2.75) is 29.6 Å². The van der Waals surface area contributed by atoms with Crippen molar-refractivity contribution in [3.8, 4) is 0 Å². The molecule has 0 spiro atoms. The Hall–Kier alpha value is -1.01. The Labute approximate surface area is 194 Å². The van der Waals surface area contributed by atoms with Crippen LogP contribution < -0.4 is 0 Å². The van der Waals surface area contributed by atoms with Crippen molar-refractivity contribution in [3.05, 3.63) is 63.6 Å². The molecular formula is C24H30Cl2N2OS. The van der Waals surface area contributed by atoms with Gasteiger partial charge in [0.25, 0.3) is 0 Å². The summed E-state index contributed by atoms with van der Waals surface area (Å²) in [6, 6.07) is 12.5. The van der Waals surface area contributed by atoms with Gasteiger partial charge in [0.2, 0.25) is 0 Å². The quantitative estimate of drug-likeness (QED) is 0.526. The normalized spacial score (nSPS) is 16.1. The maximum absolute atomic E-state index is 9.05. The number of β-amino-alcohol motifs (C(OH)–C–C–N with tert-alkyl or cyclic N) is 1. The molecule has 1 aliphatic rings. The second-order valence-electron chi connectivity index (χ2n) is 7.84. The van der Waals surface area contributed by atoms with E-state index in [1.807, 2.05) is 6.07 Å². The summed E-state index contributed by atoms with van der Waals surface area (Å²) in [5.41, 5.74) is 2.26. The Morgan fingerprint density at radius 3 is 2.37 bits per heavy atom. The highest BCUT2D eigenvalue weighted by Crippen LogP contribution is 2.41. The Balaban J connectivity index is 1.63. The van der Waals surface area contributed by atoms with Gasteiger partial charge in [-0.1, -0.05) is 85.2 Å². The second kappa shape index (κ2) is 11.6. The fourth-order valence-electron chi connectivity index (χ4n) is 3.59. The predicted octanol–water partition coefficient (Wildman–Crippen LogP) is 5.89. The number of benzene rings is 2. The first-order valence-corrected chi connectivity index (χ1v) is 12.0. The van der Waals surface area contributed by atoms with Gasteiger partial charge in [0.05, 0.1) is 16.7 Å². The van der Waals surface area contributed by atoms with Crippen molar-refractivity contribution < 1.29 is 5.11 Å². The zero-order valence-electron chi connectivity index (χ0n) is 17.7. The van der Waals surface area contributed by atoms with E-state index < -0.39 is 0 Å². The van der Waals surface area contributed by atoms with Gasteiger partial charge in [-0.15, -0.1) is 0 Å². The van der Waals surface area contributed by atoms with Gasteiger partial charge in [-0.25, -0.2) is 0 Å². The van der Waals surface area contributed by atoms with Crippen LogP contribution in [-0.4, -0.2) is 60.8 Å². The average molecular weight is 465 g/mol. The third kappa shape index (κ3) is 6.25. The molecule has 162 valence electrons. The molecule has 1 saturated heterocycles. The highest BCUT2D eigenvalue weighted by molar-refractivity contribution is 7.99. The smallest absolute Gasteiger partial charge is 0.0737 e. The minimum absolute atomic E-state index is 0.233. The number of piperazine rings is 1. The molecule has 0 radical (unpaired) electrons. The van der Waals surface area contributed by atoms with E-state index in [4.69, 9.17) is 28.3 Å². The highest BCUT2D eigenvalue weighted by Gasteiger charge is 2.15. The number of nitrogens with zero attached hydrogens (tertiary/aromatic N) is 2. The maximum atomic E-state index is 9.05. The third-order valence-electron chi connectivity index (χ3n) is 5.38. The molecule has 0 atom stereocenters. The van der Waals surface area contributed by atoms with Gasteiger partial charge in [0.15, 0.2) is 0 Å². The van der Waals surface area contributed by atoms with E-state index >= 15 is 0 Å². The number of aliphatic hydroxyl groups excluding tert-OH is 1. The Morgan fingerprint density at radius 1 is 0.967 bits per heavy atom. The molecule has 30 heavy (non-hydrogen) atoms. The molecule has 2 aromatic carbocycles. The third-order valence-corrected chi connectivity index (χ3v) is 7.54. The standard InChI is InChI=1S/C24H30Cl2N2OS/c1-18(2)20-7-3-4-8-21(20)30-22-10-9-19(23(25)24(22)26)6-5-11-27-12-14-28(15-13-27)16-17-29/h3-10,18,29H,11-17H2,1-2H3/b6-5+. The Morgan fingerprint density at radius 2 is 1.67 bits per heavy atom. The first-order chi connectivity index (χ1) is 14.5. The Kier molecular flexibility index (Phi) is 9.12. The molecule has 3 nitrogen and oxygen atoms in total. The molecule has 0 aromatic heterocycles. The van der Waals surface area contributed by atoms with Gasteiger partial charge >= 0.3 is 0 Å². The summed E-state index contributed by atoms with van der Waals surface area (Å²) in [6.07, 6.45) is 4.21. The Bertz CT molecular complexity index is 864. The fourth-order valence-corrected chi connectivity index (χ4v) is 5.29. The van der Waals surface area contributed by atoms with E-state index in [-0.39, 0.29) is 6.61 Å². The first-order valence-electron chi connectivity index (χ1n) is 10.5. The van der Waals surface area contributed by atoms with Crippen LogP contribution in [0.2, 0.25) is 10.0 Å². The average Bonchev–Trinajstić information content (AvgIpc) is 2.75. The molecule has 1 aliphatic heterocycles. The summed E-state index contributed by atoms with van der Waals surface area (Å²) < 4.78 is 0. The summed E-state index contributed by atoms with van der Waals surface area (Å²) in [4.78, 5) is 6.90. The molecule has 0 bridgehead atoms. The van der Waals surface area contributed by atoms with Crippen LogP contribution in [0.4, 0.5) is 0 Å². The monoisotopic (exact) mass is 464 g/mol. The minimum Gasteiger partial charge on any atom is -0.395 e. The summed E-state index contributed by atoms with van der Waals surface area (Å²) in [5, 5.41) is 10.3. The lowest BCUT2D eigenvalue weighted by molar-refractivity contribution is 0.120. The van der Waals surface area contributed by atoms with Crippen molar-refractivity contribution in [2.24, 2.45) is 0 Å². The predicted molar refractivity (Wildman–Crippen MR) is 130 cm³/mol. The lowest BCUT2D eigenvalue weighted by Gasteiger charge is -2.33. The van der Waals surface area contributed by atoms with Crippen LogP contribution in [0.15, 0.2) is 52.3 Å². The molecule has 1 heterocycles. The van der Waals surface area contributed by atoms with Gasteiger partial charge in [-0.3, -0.25) is 9.80 Å². The summed E-state index contributed by atoms with van der Waals surface area (Å²) in [7, 11) is 0. The molecular weight excluding hydrogens is 435 g/mol. The van der Waals surface area contributed by atoms with Crippen molar-refractivity contribution in [1.82, 2.24) is 9.80 Å². The van der Waals surface area contributed by atoms with E-state index in [9.17, 15) is 0 Å². The van der Waals surface area contributed by atoms with Crippen LogP contribution in [0, 0.1) is 0 Å². The van der Waals surface area contributed by atoms with Gasteiger partial charge in [0.1, 0.15) is 0 Å². The number of hydrogen-bond acceptors (Lipinski definition) is 4. The molecule has 1 fully saturated rings. The van der Waals surface area contributed by atoms with Crippen molar-refractivity contribution in [2.75, 3.05) is 45.9 Å². The van der Waals surface area contributed by atoms with Gasteiger partial charge in [0, 0.05) is 49.1 Å².